The lowest BCUT2D eigenvalue weighted by Crippen LogP contribution is -2.18. The van der Waals surface area contributed by atoms with Crippen molar-refractivity contribution in [3.8, 4) is 5.75 Å². The Morgan fingerprint density at radius 1 is 1.50 bits per heavy atom. The Morgan fingerprint density at radius 2 is 2.30 bits per heavy atom. The molecule has 0 amide bonds. The molecule has 20 heavy (non-hydrogen) atoms. The summed E-state index contributed by atoms with van der Waals surface area (Å²) in [5.41, 5.74) is 8.91. The number of methoxy groups -OCH3 is 1. The van der Waals surface area contributed by atoms with Crippen LogP contribution in [0.3, 0.4) is 0 Å². The molecule has 0 bridgehead atoms. The van der Waals surface area contributed by atoms with E-state index in [1.54, 1.807) is 19.2 Å². The third-order valence-corrected chi connectivity index (χ3v) is 3.91. The Hall–Kier alpha value is -1.86. The van der Waals surface area contributed by atoms with Crippen molar-refractivity contribution in [3.05, 3.63) is 33.6 Å². The molecule has 0 aliphatic rings. The molecule has 0 aliphatic carbocycles. The van der Waals surface area contributed by atoms with Crippen LogP contribution < -0.4 is 4.74 Å². The molecule has 0 aliphatic heterocycles. The molecule has 106 valence electrons. The molecule has 2 rings (SSSR count). The maximum absolute atomic E-state index is 10.0. The summed E-state index contributed by atoms with van der Waals surface area (Å²) in [6.45, 7) is 0.132. The minimum atomic E-state index is -1.09. The number of hydrogen-bond donors (Lipinski definition) is 2. The van der Waals surface area contributed by atoms with Crippen LogP contribution in [-0.4, -0.2) is 35.0 Å². The summed E-state index contributed by atoms with van der Waals surface area (Å²) >= 11 is 1.30. The van der Waals surface area contributed by atoms with E-state index in [-0.39, 0.29) is 13.0 Å². The maximum atomic E-state index is 10.0. The Bertz CT molecular complexity index is 639. The van der Waals surface area contributed by atoms with E-state index in [1.165, 1.54) is 11.3 Å². The zero-order chi connectivity index (χ0) is 14.5. The van der Waals surface area contributed by atoms with Gasteiger partial charge in [0.05, 0.1) is 23.4 Å². The normalized spacial score (nSPS) is 13.8. The molecule has 1 aromatic carbocycles. The number of nitrogens with zero attached hydrogens (tertiary/aromatic N) is 4. The molecule has 0 spiro atoms. The number of aromatic nitrogens is 1. The van der Waals surface area contributed by atoms with Crippen molar-refractivity contribution in [1.82, 2.24) is 4.98 Å². The molecule has 0 saturated heterocycles. The second-order valence-electron chi connectivity index (χ2n) is 4.14. The van der Waals surface area contributed by atoms with Gasteiger partial charge in [0.15, 0.2) is 0 Å². The van der Waals surface area contributed by atoms with Gasteiger partial charge in [0, 0.05) is 11.5 Å². The molecule has 1 heterocycles. The van der Waals surface area contributed by atoms with Gasteiger partial charge in [-0.3, -0.25) is 0 Å². The van der Waals surface area contributed by atoms with E-state index in [4.69, 9.17) is 10.3 Å². The fourth-order valence-corrected chi connectivity index (χ4v) is 2.77. The highest BCUT2D eigenvalue weighted by Crippen LogP contribution is 2.31. The number of thiazole rings is 1. The van der Waals surface area contributed by atoms with Crippen LogP contribution in [0, 0.1) is 0 Å². The van der Waals surface area contributed by atoms with Gasteiger partial charge in [-0.05, 0) is 30.2 Å². The molecular weight excluding hydrogens is 280 g/mol. The van der Waals surface area contributed by atoms with Gasteiger partial charge in [0.1, 0.15) is 16.9 Å². The fraction of sp³-hybridized carbons (Fsp3) is 0.417. The summed E-state index contributed by atoms with van der Waals surface area (Å²) in [6.07, 6.45) is -1.92. The van der Waals surface area contributed by atoms with E-state index >= 15 is 0 Å². The maximum Gasteiger partial charge on any atom is 0.131 e. The minimum Gasteiger partial charge on any atom is -0.497 e. The standard InChI is InChI=1S/C12H14N4O3S/c1-19-7-2-3-8-10(6-7)20-12(15-8)11(18)9(17)4-5-14-16-13/h2-3,6,9,11,17-18H,4-5H2,1H3. The van der Waals surface area contributed by atoms with Crippen LogP contribution in [0.4, 0.5) is 0 Å². The second kappa shape index (κ2) is 6.53. The van der Waals surface area contributed by atoms with E-state index in [0.717, 1.165) is 10.2 Å². The second-order valence-corrected chi connectivity index (χ2v) is 5.20. The fourth-order valence-electron chi connectivity index (χ4n) is 1.73. The van der Waals surface area contributed by atoms with E-state index < -0.39 is 12.2 Å². The van der Waals surface area contributed by atoms with Crippen molar-refractivity contribution in [2.45, 2.75) is 18.6 Å². The number of aliphatic hydroxyl groups excluding tert-OH is 2. The number of azide groups is 1. The van der Waals surface area contributed by atoms with Crippen LogP contribution >= 0.6 is 11.3 Å². The highest BCUT2D eigenvalue weighted by Gasteiger charge is 2.21. The Kier molecular flexibility index (Phi) is 4.75. The van der Waals surface area contributed by atoms with Crippen LogP contribution in [0.2, 0.25) is 0 Å². The largest absolute Gasteiger partial charge is 0.497 e. The molecule has 0 saturated carbocycles. The van der Waals surface area contributed by atoms with Crippen LogP contribution in [0.1, 0.15) is 17.5 Å². The van der Waals surface area contributed by atoms with Gasteiger partial charge in [-0.25, -0.2) is 4.98 Å². The average molecular weight is 294 g/mol. The SMILES string of the molecule is COc1ccc2nc(C(O)C(O)CCN=[N+]=[N-])sc2c1. The predicted octanol–water partition coefficient (Wildman–Crippen LogP) is 2.40. The topological polar surface area (TPSA) is 111 Å². The van der Waals surface area contributed by atoms with E-state index in [0.29, 0.717) is 10.8 Å². The molecule has 0 fully saturated rings. The molecule has 2 unspecified atom stereocenters. The zero-order valence-corrected chi connectivity index (χ0v) is 11.6. The molecule has 0 radical (unpaired) electrons. The number of aliphatic hydroxyl groups is 2. The average Bonchev–Trinajstić information content (AvgIpc) is 2.89. The first-order valence-electron chi connectivity index (χ1n) is 5.97. The van der Waals surface area contributed by atoms with Crippen LogP contribution in [-0.2, 0) is 0 Å². The van der Waals surface area contributed by atoms with Gasteiger partial charge in [0.25, 0.3) is 0 Å². The predicted molar refractivity (Wildman–Crippen MR) is 75.8 cm³/mol. The summed E-state index contributed by atoms with van der Waals surface area (Å²) in [5.74, 6) is 0.714. The van der Waals surface area contributed by atoms with Gasteiger partial charge in [-0.2, -0.15) is 0 Å². The Labute approximate surface area is 119 Å². The summed E-state index contributed by atoms with van der Waals surface area (Å²) < 4.78 is 6.00. The lowest BCUT2D eigenvalue weighted by Gasteiger charge is -2.13. The molecule has 7 nitrogen and oxygen atoms in total. The number of ether oxygens (including phenoxy) is 1. The first-order chi connectivity index (χ1) is 9.65. The van der Waals surface area contributed by atoms with Crippen molar-refractivity contribution < 1.29 is 14.9 Å². The third kappa shape index (κ3) is 3.17. The van der Waals surface area contributed by atoms with Crippen molar-refractivity contribution in [3.63, 3.8) is 0 Å². The monoisotopic (exact) mass is 294 g/mol. The molecule has 2 N–H and O–H groups in total. The van der Waals surface area contributed by atoms with Crippen LogP contribution in [0.25, 0.3) is 20.7 Å². The van der Waals surface area contributed by atoms with E-state index in [1.807, 2.05) is 6.07 Å². The quantitative estimate of drug-likeness (QED) is 0.484. The summed E-state index contributed by atoms with van der Waals surface area (Å²) in [6, 6.07) is 5.42. The van der Waals surface area contributed by atoms with Gasteiger partial charge in [0.2, 0.25) is 0 Å². The summed E-state index contributed by atoms with van der Waals surface area (Å²) in [7, 11) is 1.58. The Balaban J connectivity index is 2.17. The number of fused-ring (bicyclic) bond motifs is 1. The third-order valence-electron chi connectivity index (χ3n) is 2.82. The van der Waals surface area contributed by atoms with Crippen LogP contribution in [0.5, 0.6) is 5.75 Å². The van der Waals surface area contributed by atoms with E-state index in [2.05, 4.69) is 15.0 Å². The number of hydrogen-bond acceptors (Lipinski definition) is 6. The Morgan fingerprint density at radius 3 is 3.00 bits per heavy atom. The van der Waals surface area contributed by atoms with Crippen molar-refractivity contribution in [2.75, 3.05) is 13.7 Å². The lowest BCUT2D eigenvalue weighted by molar-refractivity contribution is 0.0150. The molecule has 2 aromatic rings. The van der Waals surface area contributed by atoms with Gasteiger partial charge in [-0.15, -0.1) is 11.3 Å². The summed E-state index contributed by atoms with van der Waals surface area (Å²) in [4.78, 5) is 6.89. The first kappa shape index (κ1) is 14.5. The molecule has 1 aromatic heterocycles. The van der Waals surface area contributed by atoms with Crippen molar-refractivity contribution >= 4 is 21.6 Å². The highest BCUT2D eigenvalue weighted by atomic mass is 32.1. The van der Waals surface area contributed by atoms with Gasteiger partial charge in [-0.1, -0.05) is 5.11 Å². The molecule has 2 atom stereocenters. The van der Waals surface area contributed by atoms with Gasteiger partial charge < -0.3 is 14.9 Å². The van der Waals surface area contributed by atoms with Crippen molar-refractivity contribution in [2.24, 2.45) is 5.11 Å². The zero-order valence-electron chi connectivity index (χ0n) is 10.8. The van der Waals surface area contributed by atoms with Crippen molar-refractivity contribution in [1.29, 1.82) is 0 Å². The van der Waals surface area contributed by atoms with Crippen LogP contribution in [0.15, 0.2) is 23.3 Å². The molecule has 8 heteroatoms. The smallest absolute Gasteiger partial charge is 0.131 e. The minimum absolute atomic E-state index is 0.132. The first-order valence-corrected chi connectivity index (χ1v) is 6.79. The number of benzene rings is 1. The summed E-state index contributed by atoms with van der Waals surface area (Å²) in [5, 5.41) is 23.6. The highest BCUT2D eigenvalue weighted by molar-refractivity contribution is 7.18. The van der Waals surface area contributed by atoms with E-state index in [9.17, 15) is 10.2 Å². The molecular formula is C12H14N4O3S. The number of rotatable bonds is 6. The van der Waals surface area contributed by atoms with Gasteiger partial charge >= 0.3 is 0 Å². The lowest BCUT2D eigenvalue weighted by atomic mass is 10.1.